The highest BCUT2D eigenvalue weighted by Gasteiger charge is 2.25. The quantitative estimate of drug-likeness (QED) is 0.772. The molecule has 0 saturated carbocycles. The van der Waals surface area contributed by atoms with Crippen molar-refractivity contribution in [2.45, 2.75) is 32.3 Å². The van der Waals surface area contributed by atoms with Crippen LogP contribution in [0.15, 0.2) is 30.9 Å². The van der Waals surface area contributed by atoms with Crippen LogP contribution in [0.3, 0.4) is 0 Å². The van der Waals surface area contributed by atoms with E-state index in [-0.39, 0.29) is 0 Å². The third-order valence-electron chi connectivity index (χ3n) is 2.77. The number of methoxy groups -OCH3 is 1. The lowest BCUT2D eigenvalue weighted by molar-refractivity contribution is 0.0462. The van der Waals surface area contributed by atoms with Gasteiger partial charge in [0.2, 0.25) is 0 Å². The summed E-state index contributed by atoms with van der Waals surface area (Å²) in [5.41, 5.74) is 1.09. The summed E-state index contributed by atoms with van der Waals surface area (Å²) in [6.45, 7) is 7.49. The van der Waals surface area contributed by atoms with Crippen LogP contribution in [0.5, 0.6) is 5.75 Å². The van der Waals surface area contributed by atoms with Crippen molar-refractivity contribution in [2.24, 2.45) is 0 Å². The van der Waals surface area contributed by atoms with E-state index in [1.54, 1.807) is 7.11 Å². The molecule has 16 heavy (non-hydrogen) atoms. The van der Waals surface area contributed by atoms with Crippen LogP contribution in [0.2, 0.25) is 0 Å². The second-order valence-corrected chi connectivity index (χ2v) is 4.30. The average Bonchev–Trinajstić information content (AvgIpc) is 2.26. The fourth-order valence-corrected chi connectivity index (χ4v) is 1.76. The third-order valence-corrected chi connectivity index (χ3v) is 2.77. The molecule has 0 aromatic heterocycles. The lowest BCUT2D eigenvalue weighted by Crippen LogP contribution is -2.21. The van der Waals surface area contributed by atoms with Crippen molar-refractivity contribution in [3.8, 4) is 5.75 Å². The van der Waals surface area contributed by atoms with Crippen molar-refractivity contribution in [1.29, 1.82) is 0 Å². The number of aryl methyl sites for hydroxylation is 1. The summed E-state index contributed by atoms with van der Waals surface area (Å²) in [4.78, 5) is 0. The monoisotopic (exact) mass is 220 g/mol. The first-order chi connectivity index (χ1) is 7.51. The molecule has 0 bridgehead atoms. The van der Waals surface area contributed by atoms with Crippen LogP contribution in [0.4, 0.5) is 0 Å². The molecule has 1 atom stereocenters. The Balaban J connectivity index is 3.08. The highest BCUT2D eigenvalue weighted by Crippen LogP contribution is 2.33. The molecular weight excluding hydrogens is 200 g/mol. The van der Waals surface area contributed by atoms with Gasteiger partial charge in [-0.3, -0.25) is 0 Å². The van der Waals surface area contributed by atoms with Gasteiger partial charge in [0.15, 0.2) is 0 Å². The van der Waals surface area contributed by atoms with Gasteiger partial charge in [0.1, 0.15) is 5.75 Å². The molecule has 2 nitrogen and oxygen atoms in total. The maximum absolute atomic E-state index is 10.4. The van der Waals surface area contributed by atoms with E-state index in [0.29, 0.717) is 6.42 Å². The summed E-state index contributed by atoms with van der Waals surface area (Å²) < 4.78 is 5.28. The molecule has 2 heteroatoms. The van der Waals surface area contributed by atoms with E-state index in [1.807, 2.05) is 38.1 Å². The van der Waals surface area contributed by atoms with E-state index < -0.39 is 5.60 Å². The summed E-state index contributed by atoms with van der Waals surface area (Å²) in [7, 11) is 1.62. The molecule has 1 aromatic rings. The van der Waals surface area contributed by atoms with Gasteiger partial charge in [-0.1, -0.05) is 17.7 Å². The molecular formula is C14H20O2. The normalized spacial score (nSPS) is 14.2. The molecule has 0 fully saturated rings. The summed E-state index contributed by atoms with van der Waals surface area (Å²) in [5, 5.41) is 10.4. The molecule has 0 spiro atoms. The Labute approximate surface area is 97.6 Å². The first kappa shape index (κ1) is 12.8. The van der Waals surface area contributed by atoms with Gasteiger partial charge in [0.25, 0.3) is 0 Å². The van der Waals surface area contributed by atoms with Crippen LogP contribution in [0.1, 0.15) is 30.9 Å². The van der Waals surface area contributed by atoms with E-state index in [2.05, 4.69) is 6.58 Å². The summed E-state index contributed by atoms with van der Waals surface area (Å²) in [5.74, 6) is 0.736. The predicted molar refractivity (Wildman–Crippen MR) is 66.7 cm³/mol. The van der Waals surface area contributed by atoms with E-state index in [4.69, 9.17) is 4.74 Å². The van der Waals surface area contributed by atoms with Gasteiger partial charge in [0.05, 0.1) is 12.7 Å². The standard InChI is InChI=1S/C14H20O2/c1-5-6-9-14(3,15)12-10-11(2)7-8-13(12)16-4/h5,7-8,10,15H,1,6,9H2,2-4H3. The zero-order valence-corrected chi connectivity index (χ0v) is 10.3. The topological polar surface area (TPSA) is 29.5 Å². The molecule has 1 unspecified atom stereocenters. The molecule has 1 aromatic carbocycles. The van der Waals surface area contributed by atoms with Gasteiger partial charge in [-0.2, -0.15) is 0 Å². The van der Waals surface area contributed by atoms with Crippen LogP contribution < -0.4 is 4.74 Å². The number of benzene rings is 1. The van der Waals surface area contributed by atoms with E-state index >= 15 is 0 Å². The summed E-state index contributed by atoms with van der Waals surface area (Å²) in [6, 6.07) is 5.85. The lowest BCUT2D eigenvalue weighted by atomic mass is 9.89. The molecule has 0 aliphatic carbocycles. The zero-order valence-electron chi connectivity index (χ0n) is 10.3. The summed E-state index contributed by atoms with van der Waals surface area (Å²) in [6.07, 6.45) is 3.25. The number of ether oxygens (including phenoxy) is 1. The Kier molecular flexibility index (Phi) is 4.13. The molecule has 0 aliphatic rings. The zero-order chi connectivity index (χ0) is 12.2. The molecule has 0 aliphatic heterocycles. The second kappa shape index (κ2) is 5.17. The first-order valence-electron chi connectivity index (χ1n) is 5.49. The van der Waals surface area contributed by atoms with Gasteiger partial charge < -0.3 is 9.84 Å². The lowest BCUT2D eigenvalue weighted by Gasteiger charge is -2.25. The Morgan fingerprint density at radius 3 is 2.75 bits per heavy atom. The summed E-state index contributed by atoms with van der Waals surface area (Å²) >= 11 is 0. The smallest absolute Gasteiger partial charge is 0.124 e. The van der Waals surface area contributed by atoms with E-state index in [0.717, 1.165) is 23.3 Å². The number of rotatable bonds is 5. The predicted octanol–water partition coefficient (Wildman–Crippen LogP) is 3.18. The van der Waals surface area contributed by atoms with E-state index in [9.17, 15) is 5.11 Å². The van der Waals surface area contributed by atoms with Crippen molar-refractivity contribution < 1.29 is 9.84 Å². The highest BCUT2D eigenvalue weighted by molar-refractivity contribution is 5.40. The van der Waals surface area contributed by atoms with Crippen molar-refractivity contribution in [2.75, 3.05) is 7.11 Å². The van der Waals surface area contributed by atoms with Gasteiger partial charge in [-0.25, -0.2) is 0 Å². The number of aliphatic hydroxyl groups is 1. The van der Waals surface area contributed by atoms with Crippen molar-refractivity contribution in [1.82, 2.24) is 0 Å². The molecule has 0 amide bonds. The minimum absolute atomic E-state index is 0.649. The molecule has 0 saturated heterocycles. The molecule has 88 valence electrons. The van der Waals surface area contributed by atoms with E-state index in [1.165, 1.54) is 0 Å². The maximum atomic E-state index is 10.4. The molecule has 0 heterocycles. The number of allylic oxidation sites excluding steroid dienone is 1. The van der Waals surface area contributed by atoms with Gasteiger partial charge in [-0.15, -0.1) is 6.58 Å². The maximum Gasteiger partial charge on any atom is 0.124 e. The Bertz CT molecular complexity index is 367. The fourth-order valence-electron chi connectivity index (χ4n) is 1.76. The minimum atomic E-state index is -0.869. The van der Waals surface area contributed by atoms with Crippen molar-refractivity contribution in [3.05, 3.63) is 42.0 Å². The van der Waals surface area contributed by atoms with Crippen LogP contribution in [0.25, 0.3) is 0 Å². The Morgan fingerprint density at radius 2 is 2.19 bits per heavy atom. The molecule has 1 N–H and O–H groups in total. The van der Waals surface area contributed by atoms with Crippen LogP contribution >= 0.6 is 0 Å². The Hall–Kier alpha value is -1.28. The van der Waals surface area contributed by atoms with Gasteiger partial charge in [0, 0.05) is 5.56 Å². The van der Waals surface area contributed by atoms with Crippen molar-refractivity contribution >= 4 is 0 Å². The minimum Gasteiger partial charge on any atom is -0.496 e. The van der Waals surface area contributed by atoms with Crippen LogP contribution in [-0.4, -0.2) is 12.2 Å². The molecule has 1 rings (SSSR count). The number of hydrogen-bond acceptors (Lipinski definition) is 2. The van der Waals surface area contributed by atoms with Gasteiger partial charge in [-0.05, 0) is 38.8 Å². The van der Waals surface area contributed by atoms with Gasteiger partial charge >= 0.3 is 0 Å². The van der Waals surface area contributed by atoms with Crippen LogP contribution in [-0.2, 0) is 5.60 Å². The fraction of sp³-hybridized carbons (Fsp3) is 0.429. The average molecular weight is 220 g/mol. The molecule has 0 radical (unpaired) electrons. The third kappa shape index (κ3) is 2.86. The first-order valence-corrected chi connectivity index (χ1v) is 5.49. The largest absolute Gasteiger partial charge is 0.496 e. The Morgan fingerprint density at radius 1 is 1.50 bits per heavy atom. The SMILES string of the molecule is C=CCCC(C)(O)c1cc(C)ccc1OC. The highest BCUT2D eigenvalue weighted by atomic mass is 16.5. The van der Waals surface area contributed by atoms with Crippen molar-refractivity contribution in [3.63, 3.8) is 0 Å². The second-order valence-electron chi connectivity index (χ2n) is 4.30. The number of hydrogen-bond donors (Lipinski definition) is 1. The van der Waals surface area contributed by atoms with Crippen LogP contribution in [0, 0.1) is 6.92 Å².